The van der Waals surface area contributed by atoms with Crippen LogP contribution in [0.2, 0.25) is 0 Å². The predicted molar refractivity (Wildman–Crippen MR) is 121 cm³/mol. The number of aromatic hydroxyl groups is 1. The molecule has 0 fully saturated rings. The molecule has 0 bridgehead atoms. The van der Waals surface area contributed by atoms with Crippen LogP contribution in [0.3, 0.4) is 0 Å². The zero-order valence-electron chi connectivity index (χ0n) is 18.9. The van der Waals surface area contributed by atoms with Gasteiger partial charge in [-0.1, -0.05) is 65.0 Å². The first-order valence-electron chi connectivity index (χ1n) is 11.1. The van der Waals surface area contributed by atoms with E-state index in [0.717, 1.165) is 37.0 Å². The monoisotopic (exact) mass is 384 g/mol. The van der Waals surface area contributed by atoms with E-state index in [-0.39, 0.29) is 11.0 Å². The zero-order valence-corrected chi connectivity index (χ0v) is 18.9. The molecule has 2 heteroatoms. The quantitative estimate of drug-likeness (QED) is 0.328. The Bertz CT molecular complexity index is 711. The molecule has 0 saturated heterocycles. The van der Waals surface area contributed by atoms with Crippen LogP contribution < -0.4 is 4.74 Å². The van der Waals surface area contributed by atoms with Gasteiger partial charge in [0.1, 0.15) is 17.1 Å². The largest absolute Gasteiger partial charge is 0.507 e. The maximum absolute atomic E-state index is 10.6. The molecule has 0 aliphatic carbocycles. The van der Waals surface area contributed by atoms with Gasteiger partial charge in [-0.2, -0.15) is 0 Å². The van der Waals surface area contributed by atoms with Gasteiger partial charge in [-0.25, -0.2) is 0 Å². The molecule has 0 amide bonds. The van der Waals surface area contributed by atoms with E-state index in [2.05, 4.69) is 59.8 Å². The van der Waals surface area contributed by atoms with Crippen molar-refractivity contribution in [3.63, 3.8) is 0 Å². The maximum atomic E-state index is 10.6. The molecule has 0 saturated carbocycles. The fourth-order valence-corrected chi connectivity index (χ4v) is 3.82. The molecule has 1 aliphatic heterocycles. The summed E-state index contributed by atoms with van der Waals surface area (Å²) in [4.78, 5) is 0. The summed E-state index contributed by atoms with van der Waals surface area (Å²) >= 11 is 0. The first-order valence-corrected chi connectivity index (χ1v) is 11.1. The van der Waals surface area contributed by atoms with Crippen LogP contribution in [0.1, 0.15) is 104 Å². The van der Waals surface area contributed by atoms with Gasteiger partial charge < -0.3 is 9.84 Å². The van der Waals surface area contributed by atoms with Gasteiger partial charge in [-0.15, -0.1) is 0 Å². The number of allylic oxidation sites excluding steroid dienone is 2. The van der Waals surface area contributed by atoms with Crippen LogP contribution >= 0.6 is 0 Å². The van der Waals surface area contributed by atoms with Gasteiger partial charge in [0.25, 0.3) is 0 Å². The highest BCUT2D eigenvalue weighted by Gasteiger charge is 2.30. The zero-order chi connectivity index (χ0) is 20.8. The normalized spacial score (nSPS) is 19.4. The highest BCUT2D eigenvalue weighted by atomic mass is 16.5. The number of phenolic OH excluding ortho intramolecular Hbond substituents is 1. The summed E-state index contributed by atoms with van der Waals surface area (Å²) in [6.45, 7) is 13.3. The molecular formula is C26H40O2. The summed E-state index contributed by atoms with van der Waals surface area (Å²) in [5, 5.41) is 10.6. The van der Waals surface area contributed by atoms with Crippen LogP contribution in [0.4, 0.5) is 0 Å². The molecular weight excluding hydrogens is 344 g/mol. The molecule has 0 spiro atoms. The molecule has 2 rings (SSSR count). The number of phenols is 1. The average Bonchev–Trinajstić information content (AvgIpc) is 2.64. The van der Waals surface area contributed by atoms with E-state index in [9.17, 15) is 5.11 Å². The first-order chi connectivity index (χ1) is 13.2. The summed E-state index contributed by atoms with van der Waals surface area (Å²) in [5.74, 6) is 1.15. The first kappa shape index (κ1) is 22.6. The molecule has 1 unspecified atom stereocenters. The predicted octanol–water partition coefficient (Wildman–Crippen LogP) is 7.94. The van der Waals surface area contributed by atoms with Crippen LogP contribution in [0.25, 0.3) is 6.08 Å². The summed E-state index contributed by atoms with van der Waals surface area (Å²) in [6.07, 6.45) is 15.7. The van der Waals surface area contributed by atoms with Crippen molar-refractivity contribution in [1.82, 2.24) is 0 Å². The highest BCUT2D eigenvalue weighted by Crippen LogP contribution is 2.42. The Hall–Kier alpha value is -1.70. The Morgan fingerprint density at radius 2 is 1.93 bits per heavy atom. The second-order valence-electron chi connectivity index (χ2n) is 9.29. The Morgan fingerprint density at radius 1 is 1.18 bits per heavy atom. The Labute approximate surface area is 172 Å². The van der Waals surface area contributed by atoms with E-state index in [4.69, 9.17) is 4.74 Å². The van der Waals surface area contributed by atoms with Crippen molar-refractivity contribution in [2.45, 2.75) is 104 Å². The molecule has 1 aromatic rings. The van der Waals surface area contributed by atoms with Crippen molar-refractivity contribution in [3.05, 3.63) is 41.0 Å². The van der Waals surface area contributed by atoms with E-state index in [1.807, 2.05) is 12.1 Å². The Balaban J connectivity index is 2.16. The highest BCUT2D eigenvalue weighted by molar-refractivity contribution is 5.68. The van der Waals surface area contributed by atoms with Crippen molar-refractivity contribution in [2.75, 3.05) is 0 Å². The minimum atomic E-state index is -0.326. The van der Waals surface area contributed by atoms with E-state index in [1.165, 1.54) is 36.8 Å². The number of hydrogen-bond donors (Lipinski definition) is 1. The smallest absolute Gasteiger partial charge is 0.131 e. The second-order valence-corrected chi connectivity index (χ2v) is 9.29. The molecule has 1 aliphatic rings. The third kappa shape index (κ3) is 5.90. The molecule has 156 valence electrons. The van der Waals surface area contributed by atoms with Gasteiger partial charge in [0.15, 0.2) is 0 Å². The molecule has 1 aromatic carbocycles. The Morgan fingerprint density at radius 3 is 2.61 bits per heavy atom. The van der Waals surface area contributed by atoms with Gasteiger partial charge in [0, 0.05) is 0 Å². The van der Waals surface area contributed by atoms with Crippen molar-refractivity contribution in [2.24, 2.45) is 0 Å². The summed E-state index contributed by atoms with van der Waals surface area (Å²) < 4.78 is 6.42. The van der Waals surface area contributed by atoms with Crippen molar-refractivity contribution >= 4 is 6.08 Å². The lowest BCUT2D eigenvalue weighted by Crippen LogP contribution is -2.32. The SMILES string of the molecule is CCCCCCC(C)(C)c1cc(O)c2c(c1)OC(C)(CC/C=C(/C)CC)C=C2. The van der Waals surface area contributed by atoms with Gasteiger partial charge in [-0.05, 0) is 74.8 Å². The summed E-state index contributed by atoms with van der Waals surface area (Å²) in [7, 11) is 0. The van der Waals surface area contributed by atoms with Gasteiger partial charge in [0.2, 0.25) is 0 Å². The molecule has 28 heavy (non-hydrogen) atoms. The van der Waals surface area contributed by atoms with E-state index in [0.29, 0.717) is 5.75 Å². The standard InChI is InChI=1S/C26H40O2/c1-7-9-10-11-15-25(4,5)21-18-23(27)22-14-17-26(6,28-24(22)19-21)16-12-13-20(3)8-2/h13-14,17-19,27H,7-12,15-16H2,1-6H3/b20-13-. The lowest BCUT2D eigenvalue weighted by molar-refractivity contribution is 0.128. The van der Waals surface area contributed by atoms with E-state index in [1.54, 1.807) is 0 Å². The summed E-state index contributed by atoms with van der Waals surface area (Å²) in [5.41, 5.74) is 3.10. The molecule has 2 nitrogen and oxygen atoms in total. The minimum absolute atomic E-state index is 0.0299. The van der Waals surface area contributed by atoms with Crippen molar-refractivity contribution < 1.29 is 9.84 Å². The van der Waals surface area contributed by atoms with Gasteiger partial charge in [-0.3, -0.25) is 0 Å². The number of hydrogen-bond acceptors (Lipinski definition) is 2. The van der Waals surface area contributed by atoms with E-state index >= 15 is 0 Å². The third-order valence-corrected chi connectivity index (χ3v) is 6.19. The average molecular weight is 385 g/mol. The number of rotatable bonds is 10. The van der Waals surface area contributed by atoms with Gasteiger partial charge >= 0.3 is 0 Å². The van der Waals surface area contributed by atoms with Crippen LogP contribution in [-0.2, 0) is 5.41 Å². The fourth-order valence-electron chi connectivity index (χ4n) is 3.82. The van der Waals surface area contributed by atoms with Gasteiger partial charge in [0.05, 0.1) is 5.56 Å². The lowest BCUT2D eigenvalue weighted by Gasteiger charge is -2.33. The minimum Gasteiger partial charge on any atom is -0.507 e. The molecule has 0 aromatic heterocycles. The van der Waals surface area contributed by atoms with Crippen LogP contribution in [0, 0.1) is 0 Å². The van der Waals surface area contributed by atoms with E-state index < -0.39 is 0 Å². The van der Waals surface area contributed by atoms with Crippen LogP contribution in [0.5, 0.6) is 11.5 Å². The molecule has 1 atom stereocenters. The topological polar surface area (TPSA) is 29.5 Å². The van der Waals surface area contributed by atoms with Crippen LogP contribution in [-0.4, -0.2) is 10.7 Å². The van der Waals surface area contributed by atoms with Crippen LogP contribution in [0.15, 0.2) is 29.9 Å². The molecule has 0 radical (unpaired) electrons. The Kier molecular flexibility index (Phi) is 7.80. The molecule has 1 heterocycles. The van der Waals surface area contributed by atoms with Crippen molar-refractivity contribution in [3.8, 4) is 11.5 Å². The maximum Gasteiger partial charge on any atom is 0.131 e. The lowest BCUT2D eigenvalue weighted by atomic mass is 9.79. The number of benzene rings is 1. The fraction of sp³-hybridized carbons (Fsp3) is 0.615. The number of unbranched alkanes of at least 4 members (excludes halogenated alkanes) is 3. The third-order valence-electron chi connectivity index (χ3n) is 6.19. The summed E-state index contributed by atoms with van der Waals surface area (Å²) in [6, 6.07) is 4.09. The number of ether oxygens (including phenoxy) is 1. The molecule has 1 N–H and O–H groups in total. The number of fused-ring (bicyclic) bond motifs is 1. The second kappa shape index (κ2) is 9.67. The van der Waals surface area contributed by atoms with Crippen molar-refractivity contribution in [1.29, 1.82) is 0 Å².